The molecule has 0 aliphatic heterocycles. The van der Waals surface area contributed by atoms with Crippen LogP contribution in [0, 0.1) is 27.7 Å². The minimum Gasteiger partial charge on any atom is -0.456 e. The molecule has 0 fully saturated rings. The fraction of sp³-hybridized carbons (Fsp3) is 0.130. The van der Waals surface area contributed by atoms with E-state index >= 15 is 8.78 Å². The normalized spacial score (nSPS) is 13.1. The van der Waals surface area contributed by atoms with Crippen molar-refractivity contribution in [2.45, 2.75) is 18.1 Å². The SMILES string of the molecule is N#Cc1ccc(Oc2ccc(C(F)(F)[C@@](O)(Cn3[nH]cnc3=S)c3ccc(F)cc3F)nc2)cc1. The van der Waals surface area contributed by atoms with Gasteiger partial charge in [0.2, 0.25) is 4.77 Å². The fourth-order valence-corrected chi connectivity index (χ4v) is 3.54. The number of hydrogen-bond donors (Lipinski definition) is 2. The van der Waals surface area contributed by atoms with E-state index in [1.165, 1.54) is 30.3 Å². The van der Waals surface area contributed by atoms with Crippen LogP contribution in [0.4, 0.5) is 17.6 Å². The molecule has 1 atom stereocenters. The van der Waals surface area contributed by atoms with Gasteiger partial charge in [0.15, 0.2) is 5.60 Å². The highest BCUT2D eigenvalue weighted by molar-refractivity contribution is 7.71. The van der Waals surface area contributed by atoms with Crippen molar-refractivity contribution in [3.63, 3.8) is 0 Å². The number of aromatic amines is 1. The maximum atomic E-state index is 15.8. The summed E-state index contributed by atoms with van der Waals surface area (Å²) >= 11 is 4.95. The molecule has 0 unspecified atom stereocenters. The number of ether oxygens (including phenoxy) is 1. The molecule has 35 heavy (non-hydrogen) atoms. The van der Waals surface area contributed by atoms with E-state index in [0.717, 1.165) is 35.4 Å². The summed E-state index contributed by atoms with van der Waals surface area (Å²) in [6, 6.07) is 12.0. The first-order valence-electron chi connectivity index (χ1n) is 9.94. The smallest absolute Gasteiger partial charge is 0.323 e. The summed E-state index contributed by atoms with van der Waals surface area (Å²) in [4.78, 5) is 7.44. The number of H-pyrrole nitrogens is 1. The van der Waals surface area contributed by atoms with Crippen LogP contribution in [0.15, 0.2) is 67.1 Å². The van der Waals surface area contributed by atoms with Crippen LogP contribution in [-0.4, -0.2) is 24.9 Å². The molecule has 2 N–H and O–H groups in total. The van der Waals surface area contributed by atoms with Crippen molar-refractivity contribution in [1.82, 2.24) is 19.7 Å². The van der Waals surface area contributed by atoms with Gasteiger partial charge in [-0.25, -0.2) is 13.8 Å². The molecule has 2 aromatic heterocycles. The van der Waals surface area contributed by atoms with Gasteiger partial charge in [0.05, 0.1) is 24.4 Å². The number of nitrogens with zero attached hydrogens (tertiary/aromatic N) is 4. The van der Waals surface area contributed by atoms with Crippen molar-refractivity contribution in [1.29, 1.82) is 5.26 Å². The van der Waals surface area contributed by atoms with Crippen molar-refractivity contribution in [3.8, 4) is 17.6 Å². The third kappa shape index (κ3) is 4.64. The quantitative estimate of drug-likeness (QED) is 0.274. The Morgan fingerprint density at radius 2 is 1.77 bits per heavy atom. The molecule has 2 heterocycles. The predicted molar refractivity (Wildman–Crippen MR) is 117 cm³/mol. The largest absolute Gasteiger partial charge is 0.456 e. The van der Waals surface area contributed by atoms with Crippen LogP contribution < -0.4 is 4.74 Å². The van der Waals surface area contributed by atoms with E-state index in [2.05, 4.69) is 15.1 Å². The molecule has 12 heteroatoms. The van der Waals surface area contributed by atoms with Crippen molar-refractivity contribution in [2.24, 2.45) is 0 Å². The maximum Gasteiger partial charge on any atom is 0.323 e. The number of nitrogens with one attached hydrogen (secondary N) is 1. The van der Waals surface area contributed by atoms with E-state index in [4.69, 9.17) is 22.2 Å². The standard InChI is InChI=1S/C23H15F4N5O2S/c24-15-3-7-18(19(25)9-15)22(33,12-32-21(35)30-13-31-32)23(26,27)20-8-6-17(11-29-20)34-16-4-1-14(10-28)2-5-16/h1-9,11,13,33H,12H2,(H,30,31,35)/t22-/m1/s1. The second-order valence-corrected chi connectivity index (χ2v) is 7.80. The lowest BCUT2D eigenvalue weighted by Gasteiger charge is -2.36. The molecule has 0 saturated carbocycles. The topological polar surface area (TPSA) is 99.8 Å². The number of halogens is 4. The Kier molecular flexibility index (Phi) is 6.38. The maximum absolute atomic E-state index is 15.8. The molecule has 0 bridgehead atoms. The van der Waals surface area contributed by atoms with Gasteiger partial charge < -0.3 is 9.84 Å². The molecule has 0 spiro atoms. The van der Waals surface area contributed by atoms with E-state index in [1.54, 1.807) is 0 Å². The summed E-state index contributed by atoms with van der Waals surface area (Å²) < 4.78 is 66.0. The highest BCUT2D eigenvalue weighted by Crippen LogP contribution is 2.47. The van der Waals surface area contributed by atoms with Gasteiger partial charge in [-0.05, 0) is 60.7 Å². The van der Waals surface area contributed by atoms with Gasteiger partial charge in [0.1, 0.15) is 35.2 Å². The predicted octanol–water partition coefficient (Wildman–Crippen LogP) is 4.96. The zero-order valence-electron chi connectivity index (χ0n) is 17.6. The third-order valence-corrected chi connectivity index (χ3v) is 5.51. The monoisotopic (exact) mass is 501 g/mol. The average Bonchev–Trinajstić information content (AvgIpc) is 3.23. The Morgan fingerprint density at radius 1 is 1.06 bits per heavy atom. The minimum absolute atomic E-state index is 0.0987. The molecule has 4 aromatic rings. The van der Waals surface area contributed by atoms with Gasteiger partial charge in [-0.2, -0.15) is 14.0 Å². The fourth-order valence-electron chi connectivity index (χ4n) is 3.37. The third-order valence-electron chi connectivity index (χ3n) is 5.18. The average molecular weight is 501 g/mol. The van der Waals surface area contributed by atoms with Crippen LogP contribution >= 0.6 is 12.2 Å². The first-order valence-corrected chi connectivity index (χ1v) is 10.4. The summed E-state index contributed by atoms with van der Waals surface area (Å²) in [6.45, 7) is -0.938. The van der Waals surface area contributed by atoms with Crippen molar-refractivity contribution >= 4 is 12.2 Å². The Morgan fingerprint density at radius 3 is 2.34 bits per heavy atom. The molecule has 0 saturated heterocycles. The van der Waals surface area contributed by atoms with E-state index in [1.807, 2.05) is 6.07 Å². The first-order chi connectivity index (χ1) is 16.6. The summed E-state index contributed by atoms with van der Waals surface area (Å²) in [5.41, 5.74) is -4.59. The minimum atomic E-state index is -4.18. The summed E-state index contributed by atoms with van der Waals surface area (Å²) in [7, 11) is 0. The number of aromatic nitrogens is 4. The molecule has 0 aliphatic carbocycles. The number of aliphatic hydroxyl groups is 1. The van der Waals surface area contributed by atoms with Crippen LogP contribution in [-0.2, 0) is 18.1 Å². The second-order valence-electron chi connectivity index (χ2n) is 7.43. The van der Waals surface area contributed by atoms with Gasteiger partial charge in [-0.15, -0.1) is 0 Å². The van der Waals surface area contributed by atoms with Gasteiger partial charge in [0, 0.05) is 11.6 Å². The van der Waals surface area contributed by atoms with Crippen molar-refractivity contribution in [3.05, 3.63) is 100 Å². The molecular formula is C23H15F4N5O2S. The number of nitriles is 1. The van der Waals surface area contributed by atoms with Crippen LogP contribution in [0.5, 0.6) is 11.5 Å². The lowest BCUT2D eigenvalue weighted by molar-refractivity contribution is -0.207. The Hall–Kier alpha value is -4.08. The number of alkyl halides is 2. The highest BCUT2D eigenvalue weighted by Gasteiger charge is 2.58. The van der Waals surface area contributed by atoms with Gasteiger partial charge in [0.25, 0.3) is 0 Å². The van der Waals surface area contributed by atoms with E-state index in [9.17, 15) is 13.9 Å². The summed E-state index contributed by atoms with van der Waals surface area (Å²) in [5.74, 6) is -6.12. The lowest BCUT2D eigenvalue weighted by atomic mass is 9.84. The zero-order valence-corrected chi connectivity index (χ0v) is 18.4. The molecule has 0 radical (unpaired) electrons. The second kappa shape index (κ2) is 9.28. The molecule has 2 aromatic carbocycles. The molecule has 178 valence electrons. The number of rotatable bonds is 7. The summed E-state index contributed by atoms with van der Waals surface area (Å²) in [5, 5.41) is 22.6. The first kappa shape index (κ1) is 24.1. The highest BCUT2D eigenvalue weighted by atomic mass is 32.1. The van der Waals surface area contributed by atoms with E-state index in [-0.39, 0.29) is 10.5 Å². The van der Waals surface area contributed by atoms with Crippen molar-refractivity contribution in [2.75, 3.05) is 0 Å². The Bertz CT molecular complexity index is 1450. The lowest BCUT2D eigenvalue weighted by Crippen LogP contribution is -2.48. The zero-order chi connectivity index (χ0) is 25.2. The molecular weight excluding hydrogens is 486 g/mol. The van der Waals surface area contributed by atoms with Crippen LogP contribution in [0.2, 0.25) is 0 Å². The molecule has 4 rings (SSSR count). The number of hydrogen-bond acceptors (Lipinski definition) is 6. The number of benzene rings is 2. The van der Waals surface area contributed by atoms with Crippen LogP contribution in [0.3, 0.4) is 0 Å². The van der Waals surface area contributed by atoms with Crippen LogP contribution in [0.1, 0.15) is 16.8 Å². The van der Waals surface area contributed by atoms with Gasteiger partial charge in [-0.1, -0.05) is 0 Å². The van der Waals surface area contributed by atoms with E-state index in [0.29, 0.717) is 17.4 Å². The molecule has 0 aliphatic rings. The van der Waals surface area contributed by atoms with Gasteiger partial charge >= 0.3 is 5.92 Å². The number of pyridine rings is 1. The van der Waals surface area contributed by atoms with Gasteiger partial charge in [-0.3, -0.25) is 14.8 Å². The summed E-state index contributed by atoms with van der Waals surface area (Å²) in [6.07, 6.45) is 2.13. The Labute approximate surface area is 200 Å². The Balaban J connectivity index is 1.71. The van der Waals surface area contributed by atoms with E-state index < -0.39 is 41.0 Å². The van der Waals surface area contributed by atoms with Crippen LogP contribution in [0.25, 0.3) is 0 Å². The van der Waals surface area contributed by atoms with Crippen molar-refractivity contribution < 1.29 is 27.4 Å². The molecule has 7 nitrogen and oxygen atoms in total. The molecule has 0 amide bonds.